The molecule has 1 aliphatic rings. The maximum Gasteiger partial charge on any atom is -1.00 e. The standard InChI is InChI=1S/C7H9.3ClH.Ti/c1-6-4-3-5-7(6)2;;;;/h4H,3H2,1-2H3;3*1H;/q;;;;+3/p-3. The van der Waals surface area contributed by atoms with Crippen LogP contribution in [0, 0.1) is 0 Å². The fourth-order valence-electron chi connectivity index (χ4n) is 0.799. The first kappa shape index (κ1) is 18.0. The summed E-state index contributed by atoms with van der Waals surface area (Å²) < 4.78 is 1.53. The summed E-state index contributed by atoms with van der Waals surface area (Å²) in [5.74, 6) is 0. The third kappa shape index (κ3) is 4.60. The molecule has 0 aliphatic heterocycles. The van der Waals surface area contributed by atoms with E-state index in [1.165, 1.54) is 21.4 Å². The van der Waals surface area contributed by atoms with Crippen LogP contribution in [0.5, 0.6) is 0 Å². The van der Waals surface area contributed by atoms with Crippen LogP contribution in [0.25, 0.3) is 0 Å². The van der Waals surface area contributed by atoms with Crippen molar-refractivity contribution in [2.75, 3.05) is 0 Å². The summed E-state index contributed by atoms with van der Waals surface area (Å²) in [6.45, 7) is 4.36. The Balaban J connectivity index is -0.000000213. The van der Waals surface area contributed by atoms with Crippen molar-refractivity contribution < 1.29 is 57.7 Å². The van der Waals surface area contributed by atoms with E-state index in [4.69, 9.17) is 0 Å². The first-order valence-corrected chi connectivity index (χ1v) is 3.58. The number of hydrogen-bond donors (Lipinski definition) is 0. The molecule has 0 aromatic carbocycles. The molecule has 1 rings (SSSR count). The van der Waals surface area contributed by atoms with Gasteiger partial charge in [0, 0.05) is 0 Å². The van der Waals surface area contributed by atoms with Gasteiger partial charge in [-0.3, -0.25) is 0 Å². The second-order valence-electron chi connectivity index (χ2n) is 2.19. The largest absolute Gasteiger partial charge is 1.00 e. The summed E-state index contributed by atoms with van der Waals surface area (Å²) in [6, 6.07) is 0. The minimum Gasteiger partial charge on any atom is -1.00 e. The predicted octanol–water partition coefficient (Wildman–Crippen LogP) is -6.83. The molecular weight excluding hydrogens is 238 g/mol. The van der Waals surface area contributed by atoms with E-state index in [2.05, 4.69) is 40.4 Å². The zero-order valence-corrected chi connectivity index (χ0v) is 10.2. The van der Waals surface area contributed by atoms with Crippen LogP contribution in [0.15, 0.2) is 21.1 Å². The van der Waals surface area contributed by atoms with Crippen molar-refractivity contribution in [1.29, 1.82) is 0 Å². The third-order valence-electron chi connectivity index (χ3n) is 1.66. The van der Waals surface area contributed by atoms with Gasteiger partial charge in [0.15, 0.2) is 0 Å². The Bertz CT molecular complexity index is 167. The predicted molar refractivity (Wildman–Crippen MR) is 31.1 cm³/mol. The number of hydrogen-bond acceptors (Lipinski definition) is 0. The van der Waals surface area contributed by atoms with Gasteiger partial charge in [0.2, 0.25) is 0 Å². The summed E-state index contributed by atoms with van der Waals surface area (Å²) in [5, 5.41) is 0. The van der Waals surface area contributed by atoms with Crippen molar-refractivity contribution in [3.63, 3.8) is 0 Å². The molecule has 0 heterocycles. The van der Waals surface area contributed by atoms with Gasteiger partial charge in [-0.25, -0.2) is 0 Å². The van der Waals surface area contributed by atoms with E-state index in [0.717, 1.165) is 0 Å². The maximum absolute atomic E-state index is 2.28. The van der Waals surface area contributed by atoms with Gasteiger partial charge < -0.3 is 37.2 Å². The van der Waals surface area contributed by atoms with Crippen molar-refractivity contribution in [3.05, 3.63) is 21.1 Å². The van der Waals surface area contributed by atoms with Crippen LogP contribution in [0.3, 0.4) is 0 Å². The molecule has 0 N–H and O–H groups in total. The molecule has 0 radical (unpaired) electrons. The van der Waals surface area contributed by atoms with Crippen LogP contribution >= 0.6 is 0 Å². The summed E-state index contributed by atoms with van der Waals surface area (Å²) >= 11 is 2.20. The normalized spacial score (nSPS) is 14.4. The van der Waals surface area contributed by atoms with Gasteiger partial charge in [0.1, 0.15) is 0 Å². The van der Waals surface area contributed by atoms with Crippen molar-refractivity contribution in [1.82, 2.24) is 0 Å². The molecular formula is C7H9Cl3Ti. The minimum absolute atomic E-state index is 0. The van der Waals surface area contributed by atoms with Gasteiger partial charge in [-0.05, 0) is 0 Å². The Morgan fingerprint density at radius 1 is 1.18 bits per heavy atom. The Hall–Kier alpha value is 1.06. The van der Waals surface area contributed by atoms with E-state index in [-0.39, 0.29) is 37.2 Å². The van der Waals surface area contributed by atoms with Gasteiger partial charge in [0.05, 0.1) is 0 Å². The van der Waals surface area contributed by atoms with Crippen LogP contribution in [0.2, 0.25) is 0 Å². The first-order chi connectivity index (χ1) is 3.72. The Labute approximate surface area is 98.5 Å². The van der Waals surface area contributed by atoms with Crippen LogP contribution in [-0.4, -0.2) is 0 Å². The number of rotatable bonds is 0. The smallest absolute Gasteiger partial charge is 1.00 e. The molecule has 0 unspecified atom stereocenters. The molecule has 1 aliphatic carbocycles. The molecule has 0 atom stereocenters. The molecule has 0 bridgehead atoms. The maximum atomic E-state index is 2.28. The number of halogens is 3. The van der Waals surface area contributed by atoms with Gasteiger partial charge in [-0.1, -0.05) is 0 Å². The van der Waals surface area contributed by atoms with Gasteiger partial charge in [-0.2, -0.15) is 0 Å². The first-order valence-electron chi connectivity index (χ1n) is 2.80. The van der Waals surface area contributed by atoms with E-state index >= 15 is 0 Å². The molecule has 0 aromatic rings. The van der Waals surface area contributed by atoms with E-state index < -0.39 is 0 Å². The van der Waals surface area contributed by atoms with Crippen molar-refractivity contribution in [2.45, 2.75) is 20.3 Å². The van der Waals surface area contributed by atoms with Crippen LogP contribution in [0.1, 0.15) is 20.3 Å². The van der Waals surface area contributed by atoms with Crippen molar-refractivity contribution >= 4 is 0 Å². The van der Waals surface area contributed by atoms with Crippen LogP contribution in [-0.2, 0) is 20.4 Å². The van der Waals surface area contributed by atoms with E-state index in [9.17, 15) is 0 Å². The van der Waals surface area contributed by atoms with Crippen LogP contribution < -0.4 is 37.2 Å². The summed E-state index contributed by atoms with van der Waals surface area (Å²) in [6.07, 6.45) is 3.46. The topological polar surface area (TPSA) is 0 Å². The molecule has 0 nitrogen and oxygen atoms in total. The third-order valence-corrected chi connectivity index (χ3v) is 2.56. The minimum atomic E-state index is 0. The zero-order valence-electron chi connectivity index (χ0n) is 6.42. The molecule has 0 spiro atoms. The Morgan fingerprint density at radius 3 is 1.73 bits per heavy atom. The zero-order chi connectivity index (χ0) is 6.15. The molecule has 0 saturated carbocycles. The number of allylic oxidation sites excluding steroid dienone is 4. The molecule has 4 heteroatoms. The van der Waals surface area contributed by atoms with E-state index in [1.54, 1.807) is 0 Å². The average Bonchev–Trinajstić information content (AvgIpc) is 1.98. The fourth-order valence-corrected chi connectivity index (χ4v) is 1.27. The molecule has 0 fully saturated rings. The molecule has 0 aromatic heterocycles. The fraction of sp³-hybridized carbons (Fsp3) is 0.429. The second kappa shape index (κ2) is 7.70. The second-order valence-corrected chi connectivity index (χ2v) is 3.14. The van der Waals surface area contributed by atoms with Gasteiger partial charge >= 0.3 is 61.8 Å². The molecule has 62 valence electrons. The average molecular weight is 247 g/mol. The van der Waals surface area contributed by atoms with E-state index in [1.807, 2.05) is 0 Å². The van der Waals surface area contributed by atoms with Crippen LogP contribution in [0.4, 0.5) is 0 Å². The van der Waals surface area contributed by atoms with Gasteiger partial charge in [0.25, 0.3) is 0 Å². The quantitative estimate of drug-likeness (QED) is 0.373. The molecule has 0 amide bonds. The van der Waals surface area contributed by atoms with E-state index in [0.29, 0.717) is 0 Å². The molecule has 0 saturated heterocycles. The molecule has 11 heavy (non-hydrogen) atoms. The summed E-state index contributed by atoms with van der Waals surface area (Å²) in [7, 11) is 0. The van der Waals surface area contributed by atoms with Crippen molar-refractivity contribution in [3.8, 4) is 0 Å². The summed E-state index contributed by atoms with van der Waals surface area (Å²) in [5.41, 5.74) is 2.95. The summed E-state index contributed by atoms with van der Waals surface area (Å²) in [4.78, 5) is 0. The monoisotopic (exact) mass is 246 g/mol. The Kier molecular flexibility index (Phi) is 12.6. The SMILES string of the molecule is CC1=CC[C]([Ti+3])=C1C.[Cl-].[Cl-].[Cl-]. The van der Waals surface area contributed by atoms with Gasteiger partial charge in [-0.15, -0.1) is 0 Å². The van der Waals surface area contributed by atoms with Crippen molar-refractivity contribution in [2.24, 2.45) is 0 Å². The Morgan fingerprint density at radius 2 is 1.64 bits per heavy atom.